The van der Waals surface area contributed by atoms with Gasteiger partial charge >= 0.3 is 12.0 Å². The third-order valence-electron chi connectivity index (χ3n) is 3.83. The Kier molecular flexibility index (Phi) is 5.19. The van der Waals surface area contributed by atoms with Crippen molar-refractivity contribution in [2.24, 2.45) is 0 Å². The van der Waals surface area contributed by atoms with Gasteiger partial charge in [0.2, 0.25) is 0 Å². The number of nitrogens with one attached hydrogen (secondary N) is 2. The summed E-state index contributed by atoms with van der Waals surface area (Å²) >= 11 is 3.40. The molecule has 2 aromatic rings. The zero-order valence-corrected chi connectivity index (χ0v) is 15.2. The van der Waals surface area contributed by atoms with Crippen molar-refractivity contribution in [1.29, 1.82) is 0 Å². The van der Waals surface area contributed by atoms with Crippen LogP contribution < -0.4 is 10.6 Å². The van der Waals surface area contributed by atoms with Gasteiger partial charge in [-0.3, -0.25) is 0 Å². The smallest absolute Gasteiger partial charge is 0.338 e. The molecule has 128 valence electrons. The maximum atomic E-state index is 12.7. The average molecular weight is 401 g/mol. The number of hydrogen-bond donors (Lipinski definition) is 2. The summed E-state index contributed by atoms with van der Waals surface area (Å²) in [4.78, 5) is 24.9. The van der Waals surface area contributed by atoms with E-state index in [-0.39, 0.29) is 12.6 Å². The van der Waals surface area contributed by atoms with Crippen molar-refractivity contribution < 1.29 is 14.3 Å². The number of carbonyl (C=O) groups is 2. The molecule has 0 saturated carbocycles. The molecule has 0 radical (unpaired) electrons. The number of esters is 1. The van der Waals surface area contributed by atoms with Gasteiger partial charge in [0.05, 0.1) is 23.9 Å². The predicted octanol–water partition coefficient (Wildman–Crippen LogP) is 3.78. The summed E-state index contributed by atoms with van der Waals surface area (Å²) in [6.07, 6.45) is 0. The fraction of sp³-hybridized carbons (Fsp3) is 0.158. The first kappa shape index (κ1) is 17.2. The summed E-state index contributed by atoms with van der Waals surface area (Å²) in [5.74, 6) is -0.457. The lowest BCUT2D eigenvalue weighted by Gasteiger charge is -2.29. The molecule has 2 N–H and O–H groups in total. The van der Waals surface area contributed by atoms with E-state index in [1.54, 1.807) is 6.92 Å². The molecule has 1 atom stereocenters. The monoisotopic (exact) mass is 400 g/mol. The van der Waals surface area contributed by atoms with Crippen LogP contribution in [-0.2, 0) is 9.53 Å². The fourth-order valence-electron chi connectivity index (χ4n) is 2.73. The Morgan fingerprint density at radius 1 is 1.12 bits per heavy atom. The lowest BCUT2D eigenvalue weighted by Crippen LogP contribution is -2.45. The summed E-state index contributed by atoms with van der Waals surface area (Å²) in [6, 6.07) is 15.8. The van der Waals surface area contributed by atoms with Crippen LogP contribution >= 0.6 is 15.9 Å². The van der Waals surface area contributed by atoms with E-state index in [2.05, 4.69) is 26.6 Å². The van der Waals surface area contributed by atoms with Crippen LogP contribution in [0.15, 0.2) is 64.6 Å². The SMILES string of the molecule is CCOC(=O)C1=C(c2ccccc2)NC(=O)NC1c1ccc(Br)cc1. The summed E-state index contributed by atoms with van der Waals surface area (Å²) in [7, 11) is 0. The normalized spacial score (nSPS) is 16.9. The highest BCUT2D eigenvalue weighted by molar-refractivity contribution is 9.10. The zero-order valence-electron chi connectivity index (χ0n) is 13.6. The maximum Gasteiger partial charge on any atom is 0.338 e. The lowest BCUT2D eigenvalue weighted by atomic mass is 9.93. The minimum absolute atomic E-state index is 0.255. The predicted molar refractivity (Wildman–Crippen MR) is 98.5 cm³/mol. The summed E-state index contributed by atoms with van der Waals surface area (Å²) < 4.78 is 6.16. The van der Waals surface area contributed by atoms with Crippen LogP contribution in [0.5, 0.6) is 0 Å². The summed E-state index contributed by atoms with van der Waals surface area (Å²) in [6.45, 7) is 2.01. The van der Waals surface area contributed by atoms with E-state index in [1.165, 1.54) is 0 Å². The van der Waals surface area contributed by atoms with Gasteiger partial charge in [0.25, 0.3) is 0 Å². The molecule has 0 saturated heterocycles. The maximum absolute atomic E-state index is 12.7. The van der Waals surface area contributed by atoms with Crippen molar-refractivity contribution in [2.45, 2.75) is 13.0 Å². The Labute approximate surface area is 154 Å². The summed E-state index contributed by atoms with van der Waals surface area (Å²) in [5.41, 5.74) is 2.41. The number of hydrogen-bond acceptors (Lipinski definition) is 3. The molecule has 1 unspecified atom stereocenters. The fourth-order valence-corrected chi connectivity index (χ4v) is 3.00. The van der Waals surface area contributed by atoms with Crippen LogP contribution in [0.25, 0.3) is 5.70 Å². The molecule has 1 aliphatic rings. The van der Waals surface area contributed by atoms with Gasteiger partial charge in [-0.25, -0.2) is 9.59 Å². The molecule has 1 heterocycles. The van der Waals surface area contributed by atoms with Gasteiger partial charge in [0.15, 0.2) is 0 Å². The molecular weight excluding hydrogens is 384 g/mol. The van der Waals surface area contributed by atoms with E-state index < -0.39 is 12.0 Å². The van der Waals surface area contributed by atoms with Crippen molar-refractivity contribution in [1.82, 2.24) is 10.6 Å². The van der Waals surface area contributed by atoms with Gasteiger partial charge in [-0.1, -0.05) is 58.4 Å². The highest BCUT2D eigenvalue weighted by atomic mass is 79.9. The third-order valence-corrected chi connectivity index (χ3v) is 4.36. The van der Waals surface area contributed by atoms with Crippen LogP contribution in [0.2, 0.25) is 0 Å². The molecule has 2 amide bonds. The van der Waals surface area contributed by atoms with Gasteiger partial charge in [-0.2, -0.15) is 0 Å². The Bertz CT molecular complexity index is 816. The molecule has 6 heteroatoms. The van der Waals surface area contributed by atoms with Crippen LogP contribution in [0.3, 0.4) is 0 Å². The van der Waals surface area contributed by atoms with E-state index >= 15 is 0 Å². The van der Waals surface area contributed by atoms with Gasteiger partial charge < -0.3 is 15.4 Å². The number of ether oxygens (including phenoxy) is 1. The van der Waals surface area contributed by atoms with Crippen molar-refractivity contribution in [3.63, 3.8) is 0 Å². The van der Waals surface area contributed by atoms with Crippen molar-refractivity contribution in [3.05, 3.63) is 75.8 Å². The molecule has 1 aliphatic heterocycles. The molecule has 0 aromatic heterocycles. The van der Waals surface area contributed by atoms with E-state index in [9.17, 15) is 9.59 Å². The molecule has 0 fully saturated rings. The Morgan fingerprint density at radius 2 is 1.80 bits per heavy atom. The first-order chi connectivity index (χ1) is 12.1. The number of urea groups is 1. The average Bonchev–Trinajstić information content (AvgIpc) is 2.62. The number of amides is 2. The standard InChI is InChI=1S/C19H17BrN2O3/c1-2-25-18(23)15-16(12-6-4-3-5-7-12)21-19(24)22-17(15)13-8-10-14(20)11-9-13/h3-11,17H,2H2,1H3,(H2,21,22,24). The quantitative estimate of drug-likeness (QED) is 0.767. The molecule has 3 rings (SSSR count). The minimum atomic E-state index is -0.587. The van der Waals surface area contributed by atoms with Crippen LogP contribution in [-0.4, -0.2) is 18.6 Å². The van der Waals surface area contributed by atoms with Crippen molar-refractivity contribution >= 4 is 33.6 Å². The largest absolute Gasteiger partial charge is 0.463 e. The second-order valence-electron chi connectivity index (χ2n) is 5.46. The van der Waals surface area contributed by atoms with Crippen molar-refractivity contribution in [3.8, 4) is 0 Å². The number of carbonyl (C=O) groups excluding carboxylic acids is 2. The second-order valence-corrected chi connectivity index (χ2v) is 6.37. The van der Waals surface area contributed by atoms with Crippen LogP contribution in [0, 0.1) is 0 Å². The topological polar surface area (TPSA) is 67.4 Å². The molecule has 2 aromatic carbocycles. The number of rotatable bonds is 4. The lowest BCUT2D eigenvalue weighted by molar-refractivity contribution is -0.138. The van der Waals surface area contributed by atoms with Crippen LogP contribution in [0.4, 0.5) is 4.79 Å². The molecule has 0 bridgehead atoms. The Morgan fingerprint density at radius 3 is 2.44 bits per heavy atom. The van der Waals surface area contributed by atoms with Gasteiger partial charge in [-0.05, 0) is 30.2 Å². The first-order valence-electron chi connectivity index (χ1n) is 7.90. The highest BCUT2D eigenvalue weighted by Crippen LogP contribution is 2.32. The van der Waals surface area contributed by atoms with Crippen molar-refractivity contribution in [2.75, 3.05) is 6.61 Å². The second kappa shape index (κ2) is 7.53. The molecule has 0 spiro atoms. The van der Waals surface area contributed by atoms with Gasteiger partial charge in [0.1, 0.15) is 0 Å². The number of halogens is 1. The Balaban J connectivity index is 2.16. The third kappa shape index (κ3) is 3.74. The van der Waals surface area contributed by atoms with E-state index in [0.717, 1.165) is 15.6 Å². The molecule has 5 nitrogen and oxygen atoms in total. The van der Waals surface area contributed by atoms with Gasteiger partial charge in [0, 0.05) is 4.47 Å². The van der Waals surface area contributed by atoms with E-state index in [1.807, 2.05) is 54.6 Å². The molecular formula is C19H17BrN2O3. The molecule has 25 heavy (non-hydrogen) atoms. The van der Waals surface area contributed by atoms with Crippen LogP contribution in [0.1, 0.15) is 24.1 Å². The zero-order chi connectivity index (χ0) is 17.8. The Hall–Kier alpha value is -2.60. The van der Waals surface area contributed by atoms with E-state index in [4.69, 9.17) is 4.74 Å². The molecule has 0 aliphatic carbocycles. The minimum Gasteiger partial charge on any atom is -0.463 e. The van der Waals surface area contributed by atoms with E-state index in [0.29, 0.717) is 11.3 Å². The number of benzene rings is 2. The van der Waals surface area contributed by atoms with Gasteiger partial charge in [-0.15, -0.1) is 0 Å². The first-order valence-corrected chi connectivity index (χ1v) is 8.69. The summed E-state index contributed by atoms with van der Waals surface area (Å²) in [5, 5.41) is 5.57. The highest BCUT2D eigenvalue weighted by Gasteiger charge is 2.34.